The second-order valence-corrected chi connectivity index (χ2v) is 6.81. The van der Waals surface area contributed by atoms with Gasteiger partial charge in [0.15, 0.2) is 6.29 Å². The van der Waals surface area contributed by atoms with E-state index < -0.39 is 0 Å². The van der Waals surface area contributed by atoms with Crippen molar-refractivity contribution in [2.24, 2.45) is 11.8 Å². The molecule has 0 saturated carbocycles. The number of ether oxygens (including phenoxy) is 2. The van der Waals surface area contributed by atoms with Gasteiger partial charge >= 0.3 is 0 Å². The molecule has 0 bridgehead atoms. The van der Waals surface area contributed by atoms with E-state index in [0.29, 0.717) is 32.1 Å². The zero-order valence-electron chi connectivity index (χ0n) is 13.5. The van der Waals surface area contributed by atoms with Crippen LogP contribution in [0.15, 0.2) is 0 Å². The molecule has 0 aliphatic carbocycles. The third kappa shape index (κ3) is 3.13. The molecule has 0 aromatic rings. The van der Waals surface area contributed by atoms with Crippen molar-refractivity contribution in [3.05, 3.63) is 0 Å². The molecule has 3 saturated heterocycles. The van der Waals surface area contributed by atoms with E-state index in [9.17, 15) is 9.59 Å². The second kappa shape index (κ2) is 6.54. The Morgan fingerprint density at radius 1 is 1.18 bits per heavy atom. The number of carbonyl (C=O) groups is 2. The largest absolute Gasteiger partial charge is 0.350 e. The Bertz CT molecular complexity index is 426. The van der Waals surface area contributed by atoms with Gasteiger partial charge in [0, 0.05) is 38.0 Å². The molecule has 3 aliphatic rings. The first-order valence-corrected chi connectivity index (χ1v) is 8.37. The van der Waals surface area contributed by atoms with Crippen LogP contribution in [0.4, 0.5) is 0 Å². The maximum Gasteiger partial charge on any atom is 0.227 e. The molecule has 124 valence electrons. The molecule has 0 aromatic carbocycles. The SMILES string of the molecule is CC(C)N1CC(C(=O)N2CCC(C3OCCO3)CC2)CC1=O. The van der Waals surface area contributed by atoms with Crippen LogP contribution < -0.4 is 0 Å². The summed E-state index contributed by atoms with van der Waals surface area (Å²) in [5, 5.41) is 0. The second-order valence-electron chi connectivity index (χ2n) is 6.81. The fourth-order valence-corrected chi connectivity index (χ4v) is 3.70. The van der Waals surface area contributed by atoms with Crippen molar-refractivity contribution in [3.63, 3.8) is 0 Å². The molecule has 2 amide bonds. The summed E-state index contributed by atoms with van der Waals surface area (Å²) in [7, 11) is 0. The van der Waals surface area contributed by atoms with Gasteiger partial charge < -0.3 is 19.3 Å². The summed E-state index contributed by atoms with van der Waals surface area (Å²) in [6, 6.07) is 0.174. The van der Waals surface area contributed by atoms with E-state index in [1.54, 1.807) is 0 Å². The number of carbonyl (C=O) groups excluding carboxylic acids is 2. The van der Waals surface area contributed by atoms with Gasteiger partial charge in [-0.05, 0) is 26.7 Å². The summed E-state index contributed by atoms with van der Waals surface area (Å²) < 4.78 is 11.1. The van der Waals surface area contributed by atoms with Gasteiger partial charge in [-0.25, -0.2) is 0 Å². The fraction of sp³-hybridized carbons (Fsp3) is 0.875. The number of nitrogens with zero attached hydrogens (tertiary/aromatic N) is 2. The molecule has 0 N–H and O–H groups in total. The molecule has 22 heavy (non-hydrogen) atoms. The van der Waals surface area contributed by atoms with Crippen LogP contribution in [-0.2, 0) is 19.1 Å². The van der Waals surface area contributed by atoms with Crippen molar-refractivity contribution >= 4 is 11.8 Å². The van der Waals surface area contributed by atoms with Gasteiger partial charge in [-0.3, -0.25) is 9.59 Å². The predicted molar refractivity (Wildman–Crippen MR) is 80.0 cm³/mol. The van der Waals surface area contributed by atoms with Crippen molar-refractivity contribution in [2.45, 2.75) is 45.4 Å². The Balaban J connectivity index is 1.51. The summed E-state index contributed by atoms with van der Waals surface area (Å²) in [5.74, 6) is 0.480. The molecule has 6 heteroatoms. The monoisotopic (exact) mass is 310 g/mol. The molecule has 3 heterocycles. The molecule has 1 unspecified atom stereocenters. The summed E-state index contributed by atoms with van der Waals surface area (Å²) in [4.78, 5) is 28.3. The van der Waals surface area contributed by atoms with Crippen LogP contribution in [-0.4, -0.2) is 66.8 Å². The molecule has 3 fully saturated rings. The van der Waals surface area contributed by atoms with Gasteiger partial charge in [0.25, 0.3) is 0 Å². The molecular weight excluding hydrogens is 284 g/mol. The number of piperidine rings is 1. The van der Waals surface area contributed by atoms with Crippen LogP contribution in [0.25, 0.3) is 0 Å². The number of hydrogen-bond donors (Lipinski definition) is 0. The third-order valence-corrected chi connectivity index (χ3v) is 5.01. The Kier molecular flexibility index (Phi) is 4.68. The first-order chi connectivity index (χ1) is 10.6. The maximum absolute atomic E-state index is 12.6. The molecule has 6 nitrogen and oxygen atoms in total. The third-order valence-electron chi connectivity index (χ3n) is 5.01. The van der Waals surface area contributed by atoms with E-state index in [1.807, 2.05) is 23.6 Å². The standard InChI is InChI=1S/C16H26N2O4/c1-11(2)18-10-13(9-14(18)19)15(20)17-5-3-12(4-6-17)16-21-7-8-22-16/h11-13,16H,3-10H2,1-2H3. The van der Waals surface area contributed by atoms with Crippen molar-refractivity contribution in [1.29, 1.82) is 0 Å². The Morgan fingerprint density at radius 3 is 2.36 bits per heavy atom. The molecule has 1 atom stereocenters. The van der Waals surface area contributed by atoms with Crippen LogP contribution in [0.3, 0.4) is 0 Å². The Morgan fingerprint density at radius 2 is 1.82 bits per heavy atom. The summed E-state index contributed by atoms with van der Waals surface area (Å²) in [5.41, 5.74) is 0. The summed E-state index contributed by atoms with van der Waals surface area (Å²) in [6.07, 6.45) is 2.13. The average Bonchev–Trinajstić information content (AvgIpc) is 3.16. The molecule has 3 rings (SSSR count). The van der Waals surface area contributed by atoms with E-state index in [4.69, 9.17) is 9.47 Å². The quantitative estimate of drug-likeness (QED) is 0.775. The normalized spacial score (nSPS) is 28.1. The van der Waals surface area contributed by atoms with Crippen LogP contribution in [0.5, 0.6) is 0 Å². The van der Waals surface area contributed by atoms with Crippen molar-refractivity contribution in [1.82, 2.24) is 9.80 Å². The summed E-state index contributed by atoms with van der Waals surface area (Å²) in [6.45, 7) is 7.43. The van der Waals surface area contributed by atoms with E-state index in [1.165, 1.54) is 0 Å². The van der Waals surface area contributed by atoms with E-state index >= 15 is 0 Å². The highest BCUT2D eigenvalue weighted by Crippen LogP contribution is 2.28. The molecule has 3 aliphatic heterocycles. The fourth-order valence-electron chi connectivity index (χ4n) is 3.70. The minimum Gasteiger partial charge on any atom is -0.350 e. The van der Waals surface area contributed by atoms with Gasteiger partial charge in [0.05, 0.1) is 19.1 Å². The Labute approximate surface area is 131 Å². The molecule has 0 radical (unpaired) electrons. The average molecular weight is 310 g/mol. The van der Waals surface area contributed by atoms with E-state index in [-0.39, 0.29) is 30.1 Å². The van der Waals surface area contributed by atoms with Gasteiger partial charge in [-0.1, -0.05) is 0 Å². The lowest BCUT2D eigenvalue weighted by Crippen LogP contribution is -2.44. The molecular formula is C16H26N2O4. The van der Waals surface area contributed by atoms with E-state index in [0.717, 1.165) is 25.9 Å². The van der Waals surface area contributed by atoms with Gasteiger partial charge in [-0.2, -0.15) is 0 Å². The zero-order valence-corrected chi connectivity index (χ0v) is 13.5. The van der Waals surface area contributed by atoms with Crippen LogP contribution in [0.2, 0.25) is 0 Å². The van der Waals surface area contributed by atoms with Crippen LogP contribution in [0, 0.1) is 11.8 Å². The zero-order chi connectivity index (χ0) is 15.7. The van der Waals surface area contributed by atoms with Crippen LogP contribution in [0.1, 0.15) is 33.1 Å². The van der Waals surface area contributed by atoms with E-state index in [2.05, 4.69) is 0 Å². The van der Waals surface area contributed by atoms with Crippen LogP contribution >= 0.6 is 0 Å². The smallest absolute Gasteiger partial charge is 0.227 e. The minimum atomic E-state index is -0.162. The first kappa shape index (κ1) is 15.7. The highest BCUT2D eigenvalue weighted by atomic mass is 16.7. The Hall–Kier alpha value is -1.14. The number of hydrogen-bond acceptors (Lipinski definition) is 4. The minimum absolute atomic E-state index is 0.0817. The maximum atomic E-state index is 12.6. The van der Waals surface area contributed by atoms with Gasteiger partial charge in [0.2, 0.25) is 11.8 Å². The first-order valence-electron chi connectivity index (χ1n) is 8.37. The lowest BCUT2D eigenvalue weighted by atomic mass is 9.95. The topological polar surface area (TPSA) is 59.1 Å². The highest BCUT2D eigenvalue weighted by molar-refractivity contribution is 5.89. The number of amides is 2. The van der Waals surface area contributed by atoms with Gasteiger partial charge in [0.1, 0.15) is 0 Å². The number of likely N-dealkylation sites (tertiary alicyclic amines) is 2. The number of rotatable bonds is 3. The lowest BCUT2D eigenvalue weighted by molar-refractivity contribution is -0.140. The molecule has 0 spiro atoms. The lowest BCUT2D eigenvalue weighted by Gasteiger charge is -2.35. The van der Waals surface area contributed by atoms with Crippen molar-refractivity contribution in [3.8, 4) is 0 Å². The summed E-state index contributed by atoms with van der Waals surface area (Å²) >= 11 is 0. The van der Waals surface area contributed by atoms with Gasteiger partial charge in [-0.15, -0.1) is 0 Å². The highest BCUT2D eigenvalue weighted by Gasteiger charge is 2.39. The van der Waals surface area contributed by atoms with Crippen molar-refractivity contribution < 1.29 is 19.1 Å². The van der Waals surface area contributed by atoms with Crippen molar-refractivity contribution in [2.75, 3.05) is 32.8 Å². The molecule has 0 aromatic heterocycles. The predicted octanol–water partition coefficient (Wildman–Crippen LogP) is 0.855.